The molecule has 1 saturated heterocycles. The first-order valence-corrected chi connectivity index (χ1v) is 10.5. The Morgan fingerprint density at radius 3 is 2.62 bits per heavy atom. The predicted octanol–water partition coefficient (Wildman–Crippen LogP) is 1.46. The van der Waals surface area contributed by atoms with Gasteiger partial charge in [-0.2, -0.15) is 4.31 Å². The van der Waals surface area contributed by atoms with Crippen molar-refractivity contribution in [2.75, 3.05) is 32.7 Å². The van der Waals surface area contributed by atoms with Crippen molar-refractivity contribution in [1.29, 1.82) is 0 Å². The minimum Gasteiger partial charge on any atom is -0.352 e. The number of benzene rings is 1. The van der Waals surface area contributed by atoms with Gasteiger partial charge in [-0.3, -0.25) is 9.59 Å². The van der Waals surface area contributed by atoms with Crippen LogP contribution in [0.4, 0.5) is 0 Å². The molecule has 0 unspecified atom stereocenters. The van der Waals surface area contributed by atoms with Crippen LogP contribution in [0.15, 0.2) is 29.2 Å². The summed E-state index contributed by atoms with van der Waals surface area (Å²) in [5, 5.41) is 2.79. The zero-order valence-corrected chi connectivity index (χ0v) is 16.2. The van der Waals surface area contributed by atoms with Crippen molar-refractivity contribution < 1.29 is 18.0 Å². The van der Waals surface area contributed by atoms with E-state index in [1.807, 2.05) is 4.90 Å². The molecule has 2 rings (SSSR count). The van der Waals surface area contributed by atoms with Gasteiger partial charge in [0, 0.05) is 44.7 Å². The number of rotatable bonds is 9. The molecule has 1 fully saturated rings. The zero-order valence-electron chi connectivity index (χ0n) is 15.4. The molecule has 8 heteroatoms. The third kappa shape index (κ3) is 4.82. The Labute approximate surface area is 155 Å². The summed E-state index contributed by atoms with van der Waals surface area (Å²) in [6.45, 7) is 6.18. The molecule has 0 atom stereocenters. The number of nitrogens with one attached hydrogen (secondary N) is 1. The summed E-state index contributed by atoms with van der Waals surface area (Å²) in [5.74, 6) is -0.139. The van der Waals surface area contributed by atoms with Crippen molar-refractivity contribution >= 4 is 21.8 Å². The Morgan fingerprint density at radius 2 is 2.00 bits per heavy atom. The number of amides is 2. The molecule has 1 heterocycles. The molecule has 0 radical (unpaired) electrons. The van der Waals surface area contributed by atoms with E-state index in [4.69, 9.17) is 0 Å². The first-order chi connectivity index (χ1) is 12.4. The maximum Gasteiger partial charge on any atom is 0.251 e. The van der Waals surface area contributed by atoms with Gasteiger partial charge in [0.05, 0.1) is 4.90 Å². The lowest BCUT2D eigenvalue weighted by molar-refractivity contribution is -0.127. The summed E-state index contributed by atoms with van der Waals surface area (Å²) >= 11 is 0. The molecular formula is C18H27N3O4S. The van der Waals surface area contributed by atoms with E-state index >= 15 is 0 Å². The molecule has 1 aliphatic heterocycles. The summed E-state index contributed by atoms with van der Waals surface area (Å²) < 4.78 is 26.5. The fourth-order valence-electron chi connectivity index (χ4n) is 3.02. The molecule has 0 spiro atoms. The van der Waals surface area contributed by atoms with Crippen molar-refractivity contribution in [1.82, 2.24) is 14.5 Å². The van der Waals surface area contributed by atoms with Gasteiger partial charge in [-0.15, -0.1) is 0 Å². The van der Waals surface area contributed by atoms with Crippen molar-refractivity contribution in [3.8, 4) is 0 Å². The highest BCUT2D eigenvalue weighted by atomic mass is 32.2. The Balaban J connectivity index is 1.94. The molecule has 0 aromatic heterocycles. The van der Waals surface area contributed by atoms with Gasteiger partial charge in [-0.05, 0) is 31.0 Å². The average molecular weight is 381 g/mol. The Bertz CT molecular complexity index is 745. The van der Waals surface area contributed by atoms with E-state index in [0.29, 0.717) is 44.6 Å². The minimum atomic E-state index is -3.59. The van der Waals surface area contributed by atoms with E-state index in [0.717, 1.165) is 13.0 Å². The van der Waals surface area contributed by atoms with Crippen LogP contribution in [-0.4, -0.2) is 62.2 Å². The summed E-state index contributed by atoms with van der Waals surface area (Å²) in [6, 6.07) is 6.09. The van der Waals surface area contributed by atoms with E-state index < -0.39 is 10.0 Å². The summed E-state index contributed by atoms with van der Waals surface area (Å²) in [4.78, 5) is 25.8. The largest absolute Gasteiger partial charge is 0.352 e. The second-order valence-electron chi connectivity index (χ2n) is 6.21. The van der Waals surface area contributed by atoms with Crippen molar-refractivity contribution in [2.45, 2.75) is 38.0 Å². The number of carbonyl (C=O) groups is 2. The highest BCUT2D eigenvalue weighted by Crippen LogP contribution is 2.17. The number of sulfonamides is 1. The van der Waals surface area contributed by atoms with Crippen LogP contribution >= 0.6 is 0 Å². The van der Waals surface area contributed by atoms with Crippen LogP contribution in [0.5, 0.6) is 0 Å². The number of hydrogen-bond acceptors (Lipinski definition) is 4. The molecular weight excluding hydrogens is 354 g/mol. The van der Waals surface area contributed by atoms with Crippen LogP contribution in [0.1, 0.15) is 43.5 Å². The van der Waals surface area contributed by atoms with Gasteiger partial charge in [-0.25, -0.2) is 8.42 Å². The quantitative estimate of drug-likeness (QED) is 0.656. The van der Waals surface area contributed by atoms with Gasteiger partial charge >= 0.3 is 0 Å². The molecule has 26 heavy (non-hydrogen) atoms. The average Bonchev–Trinajstić information content (AvgIpc) is 3.04. The van der Waals surface area contributed by atoms with Gasteiger partial charge in [0.2, 0.25) is 15.9 Å². The van der Waals surface area contributed by atoms with E-state index in [1.54, 1.807) is 26.0 Å². The van der Waals surface area contributed by atoms with E-state index in [2.05, 4.69) is 5.32 Å². The summed E-state index contributed by atoms with van der Waals surface area (Å²) in [7, 11) is -3.59. The van der Waals surface area contributed by atoms with Gasteiger partial charge < -0.3 is 10.2 Å². The van der Waals surface area contributed by atoms with Crippen LogP contribution in [0.2, 0.25) is 0 Å². The molecule has 2 amide bonds. The monoisotopic (exact) mass is 381 g/mol. The van der Waals surface area contributed by atoms with Crippen LogP contribution in [0.3, 0.4) is 0 Å². The molecule has 1 aliphatic rings. The smallest absolute Gasteiger partial charge is 0.251 e. The molecule has 1 aromatic rings. The number of nitrogens with zero attached hydrogens (tertiary/aromatic N) is 2. The van der Waals surface area contributed by atoms with Crippen LogP contribution in [0.25, 0.3) is 0 Å². The SMILES string of the molecule is CCN(CC)S(=O)(=O)c1cccc(C(=O)NCCCN2CCCC2=O)c1. The molecule has 7 nitrogen and oxygen atoms in total. The highest BCUT2D eigenvalue weighted by molar-refractivity contribution is 7.89. The lowest BCUT2D eigenvalue weighted by atomic mass is 10.2. The minimum absolute atomic E-state index is 0.122. The van der Waals surface area contributed by atoms with Gasteiger partial charge in [0.15, 0.2) is 0 Å². The van der Waals surface area contributed by atoms with E-state index in [1.165, 1.54) is 16.4 Å². The maximum absolute atomic E-state index is 12.6. The van der Waals surface area contributed by atoms with Gasteiger partial charge in [-0.1, -0.05) is 19.9 Å². The molecule has 0 saturated carbocycles. The number of carbonyl (C=O) groups excluding carboxylic acids is 2. The molecule has 1 N–H and O–H groups in total. The van der Waals surface area contributed by atoms with Crippen molar-refractivity contribution in [3.63, 3.8) is 0 Å². The predicted molar refractivity (Wildman–Crippen MR) is 99.3 cm³/mol. The first kappa shape index (κ1) is 20.4. The highest BCUT2D eigenvalue weighted by Gasteiger charge is 2.22. The maximum atomic E-state index is 12.6. The van der Waals surface area contributed by atoms with E-state index in [-0.39, 0.29) is 16.7 Å². The summed E-state index contributed by atoms with van der Waals surface area (Å²) in [5.41, 5.74) is 0.315. The van der Waals surface area contributed by atoms with Crippen LogP contribution in [-0.2, 0) is 14.8 Å². The van der Waals surface area contributed by atoms with E-state index in [9.17, 15) is 18.0 Å². The third-order valence-corrected chi connectivity index (χ3v) is 6.55. The topological polar surface area (TPSA) is 86.8 Å². The van der Waals surface area contributed by atoms with Gasteiger partial charge in [0.25, 0.3) is 5.91 Å². The first-order valence-electron chi connectivity index (χ1n) is 9.06. The van der Waals surface area contributed by atoms with Crippen molar-refractivity contribution in [3.05, 3.63) is 29.8 Å². The fraction of sp³-hybridized carbons (Fsp3) is 0.556. The number of hydrogen-bond donors (Lipinski definition) is 1. The Kier molecular flexibility index (Phi) is 7.16. The second kappa shape index (κ2) is 9.14. The summed E-state index contributed by atoms with van der Waals surface area (Å²) in [6.07, 6.45) is 2.19. The van der Waals surface area contributed by atoms with Crippen LogP contribution in [0, 0.1) is 0 Å². The molecule has 1 aromatic carbocycles. The van der Waals surface area contributed by atoms with Crippen LogP contribution < -0.4 is 5.32 Å². The standard InChI is InChI=1S/C18H27N3O4S/c1-3-21(4-2)26(24,25)16-9-5-8-15(14-16)18(23)19-11-7-13-20-12-6-10-17(20)22/h5,8-9,14H,3-4,6-7,10-13H2,1-2H3,(H,19,23). The Morgan fingerprint density at radius 1 is 1.27 bits per heavy atom. The molecule has 0 aliphatic carbocycles. The lowest BCUT2D eigenvalue weighted by Crippen LogP contribution is -2.32. The Hall–Kier alpha value is -1.93. The fourth-order valence-corrected chi connectivity index (χ4v) is 4.53. The third-order valence-electron chi connectivity index (χ3n) is 4.50. The second-order valence-corrected chi connectivity index (χ2v) is 8.15. The molecule has 0 bridgehead atoms. The zero-order chi connectivity index (χ0) is 19.2. The number of likely N-dealkylation sites (tertiary alicyclic amines) is 1. The normalized spacial score (nSPS) is 14.9. The van der Waals surface area contributed by atoms with Gasteiger partial charge in [0.1, 0.15) is 0 Å². The lowest BCUT2D eigenvalue weighted by Gasteiger charge is -2.18. The molecule has 144 valence electrons. The van der Waals surface area contributed by atoms with Crippen molar-refractivity contribution in [2.24, 2.45) is 0 Å².